The van der Waals surface area contributed by atoms with Crippen molar-refractivity contribution in [2.75, 3.05) is 5.84 Å². The van der Waals surface area contributed by atoms with Crippen LogP contribution in [-0.2, 0) is 17.9 Å². The Morgan fingerprint density at radius 3 is 2.18 bits per heavy atom. The van der Waals surface area contributed by atoms with Crippen molar-refractivity contribution in [1.29, 1.82) is 0 Å². The number of ether oxygens (including phenoxy) is 1. The van der Waals surface area contributed by atoms with Gasteiger partial charge in [0, 0.05) is 6.54 Å². The lowest BCUT2D eigenvalue weighted by Gasteiger charge is -2.15. The number of hydrogen-bond donors (Lipinski definition) is 2. The lowest BCUT2D eigenvalue weighted by molar-refractivity contribution is -0.141. The standard InChI is InChI=1S/C24H29N5O5/c1-15(2)34-20-11-9-19(10-12-20)26-22-27(14-18-7-5-16(3)6-8-18)23(32)28(24(33)29(22)25)13-17(4)21(30)31/h5-12,15,17H,13-14,25H2,1-4H3,(H,30,31)/b26-22-/t17-/m0/s1. The van der Waals surface area contributed by atoms with Crippen LogP contribution in [-0.4, -0.2) is 31.0 Å². The third-order valence-corrected chi connectivity index (χ3v) is 5.13. The maximum atomic E-state index is 13.3. The third-order valence-electron chi connectivity index (χ3n) is 5.13. The molecule has 2 aromatic carbocycles. The first-order chi connectivity index (χ1) is 16.1. The number of nitrogens with two attached hydrogens (primary N) is 1. The molecule has 180 valence electrons. The van der Waals surface area contributed by atoms with Crippen LogP contribution in [0.3, 0.4) is 0 Å². The molecule has 0 aliphatic heterocycles. The number of carbonyl (C=O) groups is 1. The van der Waals surface area contributed by atoms with Gasteiger partial charge < -0.3 is 15.7 Å². The molecule has 1 heterocycles. The number of benzene rings is 2. The number of carboxylic acids is 1. The minimum absolute atomic E-state index is 0.00876. The molecule has 10 nitrogen and oxygen atoms in total. The zero-order chi connectivity index (χ0) is 25.0. The molecule has 0 saturated carbocycles. The zero-order valence-corrected chi connectivity index (χ0v) is 19.6. The molecule has 0 unspecified atom stereocenters. The number of aryl methyl sites for hydroxylation is 1. The summed E-state index contributed by atoms with van der Waals surface area (Å²) < 4.78 is 8.49. The molecule has 3 aromatic rings. The Kier molecular flexibility index (Phi) is 7.40. The Labute approximate surface area is 196 Å². The van der Waals surface area contributed by atoms with E-state index in [1.165, 1.54) is 11.5 Å². The summed E-state index contributed by atoms with van der Waals surface area (Å²) >= 11 is 0. The average Bonchev–Trinajstić information content (AvgIpc) is 2.79. The molecule has 0 bridgehead atoms. The highest BCUT2D eigenvalue weighted by Crippen LogP contribution is 2.18. The van der Waals surface area contributed by atoms with E-state index in [0.29, 0.717) is 11.4 Å². The van der Waals surface area contributed by atoms with E-state index in [-0.39, 0.29) is 24.8 Å². The van der Waals surface area contributed by atoms with Crippen molar-refractivity contribution in [1.82, 2.24) is 13.8 Å². The summed E-state index contributed by atoms with van der Waals surface area (Å²) in [4.78, 5) is 42.0. The van der Waals surface area contributed by atoms with Crippen molar-refractivity contribution < 1.29 is 14.6 Å². The van der Waals surface area contributed by atoms with Gasteiger partial charge in [0.15, 0.2) is 0 Å². The van der Waals surface area contributed by atoms with Gasteiger partial charge in [-0.1, -0.05) is 36.8 Å². The zero-order valence-electron chi connectivity index (χ0n) is 19.6. The lowest BCUT2D eigenvalue weighted by Crippen LogP contribution is -2.58. The van der Waals surface area contributed by atoms with E-state index in [4.69, 9.17) is 10.6 Å². The lowest BCUT2D eigenvalue weighted by atomic mass is 10.1. The molecule has 3 N–H and O–H groups in total. The van der Waals surface area contributed by atoms with Crippen LogP contribution in [0.5, 0.6) is 5.75 Å². The number of aliphatic carboxylic acids is 1. The molecule has 0 fully saturated rings. The molecule has 0 spiro atoms. The van der Waals surface area contributed by atoms with Gasteiger partial charge >= 0.3 is 17.3 Å². The van der Waals surface area contributed by atoms with Crippen LogP contribution in [0.25, 0.3) is 0 Å². The van der Waals surface area contributed by atoms with E-state index in [0.717, 1.165) is 20.4 Å². The Morgan fingerprint density at radius 1 is 1.00 bits per heavy atom. The minimum Gasteiger partial charge on any atom is -0.491 e. The SMILES string of the molecule is Cc1ccc(Cn2c(=O)n(C[C@H](C)C(=O)O)c(=O)n(N)/c2=N\c2ccc(OC(C)C)cc2)cc1. The monoisotopic (exact) mass is 467 g/mol. The number of rotatable bonds is 8. The molecule has 10 heteroatoms. The first-order valence-electron chi connectivity index (χ1n) is 10.9. The predicted molar refractivity (Wildman–Crippen MR) is 128 cm³/mol. The number of carboxylic acid groups (broad SMARTS) is 1. The molecule has 0 aliphatic rings. The number of nitrogens with zero attached hydrogens (tertiary/aromatic N) is 4. The Hall–Kier alpha value is -4.08. The average molecular weight is 468 g/mol. The normalized spacial score (nSPS) is 12.7. The van der Waals surface area contributed by atoms with E-state index >= 15 is 0 Å². The Bertz CT molecular complexity index is 1350. The van der Waals surface area contributed by atoms with Crippen LogP contribution in [0.2, 0.25) is 0 Å². The summed E-state index contributed by atoms with van der Waals surface area (Å²) in [5, 5.41) is 9.26. The number of nitrogen functional groups attached to an aromatic ring is 1. The quantitative estimate of drug-likeness (QED) is 0.484. The smallest absolute Gasteiger partial charge is 0.353 e. The van der Waals surface area contributed by atoms with Gasteiger partial charge in [0.1, 0.15) is 5.75 Å². The molecule has 0 amide bonds. The van der Waals surface area contributed by atoms with Crippen molar-refractivity contribution in [2.45, 2.75) is 46.9 Å². The van der Waals surface area contributed by atoms with Gasteiger partial charge in [-0.25, -0.2) is 19.1 Å². The maximum absolute atomic E-state index is 13.3. The predicted octanol–water partition coefficient (Wildman–Crippen LogP) is 1.62. The van der Waals surface area contributed by atoms with E-state index in [9.17, 15) is 19.5 Å². The van der Waals surface area contributed by atoms with Crippen molar-refractivity contribution in [2.24, 2.45) is 10.9 Å². The maximum Gasteiger partial charge on any atom is 0.353 e. The summed E-state index contributed by atoms with van der Waals surface area (Å²) in [6.07, 6.45) is 0.00876. The second-order valence-corrected chi connectivity index (χ2v) is 8.43. The van der Waals surface area contributed by atoms with Crippen LogP contribution >= 0.6 is 0 Å². The van der Waals surface area contributed by atoms with Crippen molar-refractivity contribution in [3.8, 4) is 5.75 Å². The van der Waals surface area contributed by atoms with Crippen molar-refractivity contribution in [3.05, 3.63) is 86.2 Å². The highest BCUT2D eigenvalue weighted by molar-refractivity contribution is 5.69. The largest absolute Gasteiger partial charge is 0.491 e. The molecule has 1 aromatic heterocycles. The Morgan fingerprint density at radius 2 is 1.62 bits per heavy atom. The fraction of sp³-hybridized carbons (Fsp3) is 0.333. The molecule has 0 saturated heterocycles. The number of hydrogen-bond acceptors (Lipinski definition) is 6. The van der Waals surface area contributed by atoms with E-state index in [2.05, 4.69) is 4.99 Å². The van der Waals surface area contributed by atoms with Crippen LogP contribution < -0.4 is 27.6 Å². The summed E-state index contributed by atoms with van der Waals surface area (Å²) in [5.74, 6) is 4.65. The molecule has 34 heavy (non-hydrogen) atoms. The van der Waals surface area contributed by atoms with Gasteiger partial charge in [0.05, 0.1) is 24.3 Å². The Balaban J connectivity index is 2.19. The second-order valence-electron chi connectivity index (χ2n) is 8.43. The van der Waals surface area contributed by atoms with Gasteiger partial charge in [-0.05, 0) is 50.6 Å². The molecular weight excluding hydrogens is 438 g/mol. The first kappa shape index (κ1) is 24.6. The van der Waals surface area contributed by atoms with E-state index in [1.54, 1.807) is 24.3 Å². The molecule has 0 aliphatic carbocycles. The summed E-state index contributed by atoms with van der Waals surface area (Å²) in [5.41, 5.74) is 0.701. The van der Waals surface area contributed by atoms with Gasteiger partial charge in [-0.2, -0.15) is 4.68 Å². The van der Waals surface area contributed by atoms with E-state index < -0.39 is 23.3 Å². The number of aromatic nitrogens is 3. The first-order valence-corrected chi connectivity index (χ1v) is 10.9. The van der Waals surface area contributed by atoms with Crippen molar-refractivity contribution in [3.63, 3.8) is 0 Å². The molecule has 3 rings (SSSR count). The summed E-state index contributed by atoms with van der Waals surface area (Å²) in [6, 6.07) is 14.4. The van der Waals surface area contributed by atoms with Crippen LogP contribution in [0.1, 0.15) is 31.9 Å². The van der Waals surface area contributed by atoms with Crippen LogP contribution in [0.4, 0.5) is 5.69 Å². The molecule has 1 atom stereocenters. The fourth-order valence-electron chi connectivity index (χ4n) is 3.28. The van der Waals surface area contributed by atoms with Gasteiger partial charge in [0.25, 0.3) is 0 Å². The van der Waals surface area contributed by atoms with Crippen LogP contribution in [0.15, 0.2) is 63.1 Å². The van der Waals surface area contributed by atoms with Crippen molar-refractivity contribution >= 4 is 11.7 Å². The summed E-state index contributed by atoms with van der Waals surface area (Å²) in [6.45, 7) is 6.97. The highest BCUT2D eigenvalue weighted by atomic mass is 16.5. The molecular formula is C24H29N5O5. The van der Waals surface area contributed by atoms with Gasteiger partial charge in [-0.3, -0.25) is 9.36 Å². The minimum atomic E-state index is -1.13. The van der Waals surface area contributed by atoms with Gasteiger partial charge in [0.2, 0.25) is 5.62 Å². The highest BCUT2D eigenvalue weighted by Gasteiger charge is 2.19. The third kappa shape index (κ3) is 5.64. The summed E-state index contributed by atoms with van der Waals surface area (Å²) in [7, 11) is 0. The second kappa shape index (κ2) is 10.2. The van der Waals surface area contributed by atoms with Gasteiger partial charge in [-0.15, -0.1) is 0 Å². The topological polar surface area (TPSA) is 134 Å². The molecule has 0 radical (unpaired) electrons. The van der Waals surface area contributed by atoms with Crippen LogP contribution in [0, 0.1) is 12.8 Å². The van der Waals surface area contributed by atoms with E-state index in [1.807, 2.05) is 45.0 Å². The fourth-order valence-corrected chi connectivity index (χ4v) is 3.28.